The minimum atomic E-state index is -1.20. The van der Waals surface area contributed by atoms with Crippen molar-refractivity contribution in [2.45, 2.75) is 51.4 Å². The number of benzene rings is 3. The molecule has 10 nitrogen and oxygen atoms in total. The zero-order chi connectivity index (χ0) is 28.1. The lowest BCUT2D eigenvalue weighted by Crippen LogP contribution is -2.52. The molecule has 0 fully saturated rings. The summed E-state index contributed by atoms with van der Waals surface area (Å²) in [7, 11) is 1.44. The molecule has 0 saturated heterocycles. The highest BCUT2D eigenvalue weighted by atomic mass is 16.6. The standard InChI is InChI=1S/C29H27NO9/c1-14(31)37-27-24-20(39-29(2,3)28(27)38-22(34)10-9-21(32)33)13-19(36-4)23-25(24)30-18-12-16-8-6-5-7-15(16)11-17(18)26(23)35/h5-8,11-13,27-28H,9-10H2,1-4H3,(H,30,35)(H,32,33)/t27-,28-/m0/s1. The van der Waals surface area contributed by atoms with Crippen molar-refractivity contribution in [2.75, 3.05) is 7.11 Å². The van der Waals surface area contributed by atoms with Gasteiger partial charge in [-0.25, -0.2) is 0 Å². The molecule has 0 radical (unpaired) electrons. The van der Waals surface area contributed by atoms with Gasteiger partial charge < -0.3 is 29.0 Å². The molecule has 10 heteroatoms. The zero-order valence-corrected chi connectivity index (χ0v) is 21.8. The molecule has 2 N–H and O–H groups in total. The summed E-state index contributed by atoms with van der Waals surface area (Å²) in [5.74, 6) is -2.04. The number of ether oxygens (including phenoxy) is 4. The molecule has 1 aliphatic heterocycles. The minimum Gasteiger partial charge on any atom is -0.496 e. The number of carboxylic acid groups (broad SMARTS) is 1. The van der Waals surface area contributed by atoms with Gasteiger partial charge in [-0.3, -0.25) is 19.2 Å². The fraction of sp³-hybridized carbons (Fsp3) is 0.310. The van der Waals surface area contributed by atoms with E-state index >= 15 is 0 Å². The molecule has 0 aliphatic carbocycles. The number of rotatable bonds is 6. The Morgan fingerprint density at radius 2 is 1.74 bits per heavy atom. The first-order valence-electron chi connectivity index (χ1n) is 12.4. The van der Waals surface area contributed by atoms with Crippen LogP contribution in [0.4, 0.5) is 0 Å². The quantitative estimate of drug-likeness (QED) is 0.272. The van der Waals surface area contributed by atoms with Gasteiger partial charge in [0.1, 0.15) is 17.1 Å². The third-order valence-electron chi connectivity index (χ3n) is 6.84. The van der Waals surface area contributed by atoms with Crippen LogP contribution in [0.15, 0.2) is 47.3 Å². The first-order valence-corrected chi connectivity index (χ1v) is 12.4. The summed E-state index contributed by atoms with van der Waals surface area (Å²) >= 11 is 0. The lowest BCUT2D eigenvalue weighted by Gasteiger charge is -2.43. The first kappa shape index (κ1) is 26.0. The summed E-state index contributed by atoms with van der Waals surface area (Å²) in [6.07, 6.45) is -3.12. The fourth-order valence-corrected chi connectivity index (χ4v) is 5.10. The van der Waals surface area contributed by atoms with E-state index in [1.165, 1.54) is 14.0 Å². The number of H-pyrrole nitrogens is 1. The van der Waals surface area contributed by atoms with E-state index in [0.717, 1.165) is 10.8 Å². The highest BCUT2D eigenvalue weighted by molar-refractivity contribution is 6.03. The number of esters is 2. The Balaban J connectivity index is 1.78. The number of carbonyl (C=O) groups excluding carboxylic acids is 2. The SMILES string of the molecule is COc1cc2c(c3[nH]c4cc5ccccc5cc4c(=O)c13)[C@H](OC(C)=O)[C@H](OC(=O)CCC(=O)O)C(C)(C)O2. The second-order valence-electron chi connectivity index (χ2n) is 9.98. The molecule has 1 aliphatic rings. The average Bonchev–Trinajstić information content (AvgIpc) is 2.87. The van der Waals surface area contributed by atoms with E-state index in [1.54, 1.807) is 26.0 Å². The van der Waals surface area contributed by atoms with E-state index in [-0.39, 0.29) is 28.7 Å². The Hall–Kier alpha value is -4.60. The number of nitrogens with one attached hydrogen (secondary N) is 1. The van der Waals surface area contributed by atoms with E-state index in [1.807, 2.05) is 30.3 Å². The van der Waals surface area contributed by atoms with Crippen LogP contribution in [-0.4, -0.2) is 46.8 Å². The molecule has 4 aromatic rings. The number of aromatic amines is 1. The molecular weight excluding hydrogens is 506 g/mol. The van der Waals surface area contributed by atoms with Gasteiger partial charge in [-0.2, -0.15) is 0 Å². The Labute approximate surface area is 222 Å². The van der Waals surface area contributed by atoms with E-state index in [0.29, 0.717) is 22.0 Å². The van der Waals surface area contributed by atoms with Crippen LogP contribution in [0.3, 0.4) is 0 Å². The largest absolute Gasteiger partial charge is 0.496 e. The third-order valence-corrected chi connectivity index (χ3v) is 6.84. The zero-order valence-electron chi connectivity index (χ0n) is 21.8. The normalized spacial score (nSPS) is 17.8. The smallest absolute Gasteiger partial charge is 0.306 e. The van der Waals surface area contributed by atoms with Crippen LogP contribution in [0.25, 0.3) is 32.6 Å². The molecule has 0 amide bonds. The number of aromatic nitrogens is 1. The summed E-state index contributed by atoms with van der Waals surface area (Å²) in [5, 5.41) is 11.4. The molecule has 39 heavy (non-hydrogen) atoms. The Morgan fingerprint density at radius 3 is 2.38 bits per heavy atom. The summed E-state index contributed by atoms with van der Waals surface area (Å²) in [6, 6.07) is 12.8. The van der Waals surface area contributed by atoms with Crippen LogP contribution in [-0.2, 0) is 23.9 Å². The van der Waals surface area contributed by atoms with E-state index in [9.17, 15) is 19.2 Å². The van der Waals surface area contributed by atoms with Crippen LogP contribution < -0.4 is 14.9 Å². The van der Waals surface area contributed by atoms with Crippen molar-refractivity contribution in [1.29, 1.82) is 0 Å². The van der Waals surface area contributed by atoms with Gasteiger partial charge in [0.25, 0.3) is 0 Å². The molecule has 1 aromatic heterocycles. The predicted molar refractivity (Wildman–Crippen MR) is 142 cm³/mol. The number of aliphatic carboxylic acids is 1. The first-order chi connectivity index (χ1) is 18.5. The molecule has 0 spiro atoms. The number of hydrogen-bond acceptors (Lipinski definition) is 8. The van der Waals surface area contributed by atoms with Crippen molar-refractivity contribution < 1.29 is 38.4 Å². The van der Waals surface area contributed by atoms with Gasteiger partial charge in [0.15, 0.2) is 12.2 Å². The third kappa shape index (κ3) is 4.62. The van der Waals surface area contributed by atoms with Crippen LogP contribution in [0.1, 0.15) is 45.3 Å². The van der Waals surface area contributed by atoms with Gasteiger partial charge in [0, 0.05) is 18.4 Å². The Kier molecular flexibility index (Phi) is 6.41. The van der Waals surface area contributed by atoms with Gasteiger partial charge in [-0.05, 0) is 36.8 Å². The topological polar surface area (TPSA) is 141 Å². The maximum atomic E-state index is 13.9. The molecule has 0 unspecified atom stereocenters. The fourth-order valence-electron chi connectivity index (χ4n) is 5.10. The molecule has 202 valence electrons. The van der Waals surface area contributed by atoms with Gasteiger partial charge >= 0.3 is 17.9 Å². The average molecular weight is 534 g/mol. The summed E-state index contributed by atoms with van der Waals surface area (Å²) in [6.45, 7) is 4.54. The molecule has 5 rings (SSSR count). The molecule has 0 saturated carbocycles. The van der Waals surface area contributed by atoms with Crippen LogP contribution in [0, 0.1) is 0 Å². The van der Waals surface area contributed by atoms with E-state index in [2.05, 4.69) is 4.98 Å². The lowest BCUT2D eigenvalue weighted by atomic mass is 9.86. The minimum absolute atomic E-state index is 0.218. The molecule has 0 bridgehead atoms. The Morgan fingerprint density at radius 1 is 1.05 bits per heavy atom. The van der Waals surface area contributed by atoms with Crippen LogP contribution >= 0.6 is 0 Å². The number of fused-ring (bicyclic) bond motifs is 5. The maximum absolute atomic E-state index is 13.9. The number of hydrogen-bond donors (Lipinski definition) is 2. The van der Waals surface area contributed by atoms with Crippen molar-refractivity contribution in [3.8, 4) is 11.5 Å². The number of carbonyl (C=O) groups is 3. The van der Waals surface area contributed by atoms with Crippen molar-refractivity contribution >= 4 is 50.5 Å². The molecular formula is C29H27NO9. The Bertz CT molecular complexity index is 1720. The highest BCUT2D eigenvalue weighted by Crippen LogP contribution is 2.48. The molecule has 2 heterocycles. The summed E-state index contributed by atoms with van der Waals surface area (Å²) in [4.78, 5) is 53.1. The number of methoxy groups -OCH3 is 1. The van der Waals surface area contributed by atoms with Gasteiger partial charge in [0.2, 0.25) is 5.43 Å². The van der Waals surface area contributed by atoms with E-state index < -0.39 is 42.1 Å². The maximum Gasteiger partial charge on any atom is 0.306 e. The van der Waals surface area contributed by atoms with Crippen molar-refractivity contribution in [1.82, 2.24) is 4.98 Å². The van der Waals surface area contributed by atoms with Crippen LogP contribution in [0.5, 0.6) is 11.5 Å². The van der Waals surface area contributed by atoms with Gasteiger partial charge in [-0.1, -0.05) is 24.3 Å². The van der Waals surface area contributed by atoms with Gasteiger partial charge in [0.05, 0.1) is 41.9 Å². The second kappa shape index (κ2) is 9.61. The van der Waals surface area contributed by atoms with Gasteiger partial charge in [-0.15, -0.1) is 0 Å². The summed E-state index contributed by atoms with van der Waals surface area (Å²) < 4.78 is 23.2. The number of pyridine rings is 1. The van der Waals surface area contributed by atoms with Crippen LogP contribution in [0.2, 0.25) is 0 Å². The van der Waals surface area contributed by atoms with E-state index in [4.69, 9.17) is 24.1 Å². The summed E-state index contributed by atoms with van der Waals surface area (Å²) in [5.41, 5.74) is -0.333. The number of carboxylic acids is 1. The lowest BCUT2D eigenvalue weighted by molar-refractivity contribution is -0.189. The van der Waals surface area contributed by atoms with Crippen molar-refractivity contribution in [2.24, 2.45) is 0 Å². The predicted octanol–water partition coefficient (Wildman–Crippen LogP) is 4.39. The molecule has 2 atom stereocenters. The van der Waals surface area contributed by atoms with Crippen molar-refractivity contribution in [3.63, 3.8) is 0 Å². The highest BCUT2D eigenvalue weighted by Gasteiger charge is 2.50. The monoisotopic (exact) mass is 533 g/mol. The second-order valence-corrected chi connectivity index (χ2v) is 9.98. The molecule has 3 aromatic carbocycles. The van der Waals surface area contributed by atoms with Crippen molar-refractivity contribution in [3.05, 3.63) is 58.3 Å².